The van der Waals surface area contributed by atoms with E-state index >= 15 is 0 Å². The minimum absolute atomic E-state index is 0.414. The van der Waals surface area contributed by atoms with E-state index in [0.29, 0.717) is 18.0 Å². The highest BCUT2D eigenvalue weighted by molar-refractivity contribution is 7.11. The molecule has 2 saturated heterocycles. The smallest absolute Gasteiger partial charge is 0.475 e. The van der Waals surface area contributed by atoms with E-state index in [1.54, 1.807) is 0 Å². The van der Waals surface area contributed by atoms with Crippen LogP contribution >= 0.6 is 11.3 Å². The highest BCUT2D eigenvalue weighted by Gasteiger charge is 2.44. The topological polar surface area (TPSA) is 60.9 Å². The number of rotatable bonds is 4. The molecule has 1 amide bonds. The number of likely N-dealkylation sites (tertiary alicyclic amines) is 2. The molecular weight excluding hydrogens is 393 g/mol. The van der Waals surface area contributed by atoms with Crippen molar-refractivity contribution in [2.45, 2.75) is 63.8 Å². The Morgan fingerprint density at radius 1 is 1.21 bits per heavy atom. The molecule has 28 heavy (non-hydrogen) atoms. The first-order chi connectivity index (χ1) is 13.1. The molecule has 4 rings (SSSR count). The number of nitrogens with zero attached hydrogens (tertiary/aromatic N) is 2. The number of carboxylic acids is 1. The van der Waals surface area contributed by atoms with Gasteiger partial charge in [0.15, 0.2) is 0 Å². The quantitative estimate of drug-likeness (QED) is 0.811. The summed E-state index contributed by atoms with van der Waals surface area (Å²) >= 11 is 1.91. The van der Waals surface area contributed by atoms with Gasteiger partial charge in [-0.25, -0.2) is 4.79 Å². The van der Waals surface area contributed by atoms with Crippen molar-refractivity contribution in [2.24, 2.45) is 5.92 Å². The number of carboxylic acid groups (broad SMARTS) is 1. The molecule has 1 saturated carbocycles. The summed E-state index contributed by atoms with van der Waals surface area (Å²) in [7, 11) is 0. The molecule has 0 spiro atoms. The maximum Gasteiger partial charge on any atom is 0.490 e. The molecular formula is C19H25F3N2O3S. The second kappa shape index (κ2) is 8.41. The van der Waals surface area contributed by atoms with E-state index in [2.05, 4.69) is 28.9 Å². The predicted molar refractivity (Wildman–Crippen MR) is 99.0 cm³/mol. The van der Waals surface area contributed by atoms with Gasteiger partial charge in [0.05, 0.1) is 0 Å². The lowest BCUT2D eigenvalue weighted by Gasteiger charge is -2.40. The summed E-state index contributed by atoms with van der Waals surface area (Å²) in [4.78, 5) is 28.9. The molecule has 2 atom stereocenters. The molecule has 2 aliphatic heterocycles. The number of carbonyl (C=O) groups is 2. The molecule has 1 aromatic heterocycles. The summed E-state index contributed by atoms with van der Waals surface area (Å²) in [6, 6.07) is 5.58. The second-order valence-corrected chi connectivity index (χ2v) is 9.11. The Morgan fingerprint density at radius 3 is 2.43 bits per heavy atom. The van der Waals surface area contributed by atoms with E-state index in [-0.39, 0.29) is 0 Å². The zero-order valence-electron chi connectivity index (χ0n) is 15.7. The lowest BCUT2D eigenvalue weighted by Crippen LogP contribution is -2.52. The molecule has 5 nitrogen and oxygen atoms in total. The van der Waals surface area contributed by atoms with Crippen molar-refractivity contribution >= 4 is 23.2 Å². The van der Waals surface area contributed by atoms with E-state index in [1.807, 2.05) is 11.3 Å². The van der Waals surface area contributed by atoms with E-state index in [4.69, 9.17) is 9.90 Å². The van der Waals surface area contributed by atoms with Crippen LogP contribution in [0.2, 0.25) is 0 Å². The number of aliphatic carboxylic acids is 1. The lowest BCUT2D eigenvalue weighted by atomic mass is 9.96. The van der Waals surface area contributed by atoms with Crippen LogP contribution in [0.3, 0.4) is 0 Å². The van der Waals surface area contributed by atoms with Gasteiger partial charge in [0.2, 0.25) is 5.91 Å². The Bertz CT molecular complexity index is 718. The normalized spacial score (nSPS) is 25.3. The van der Waals surface area contributed by atoms with Crippen LogP contribution in [-0.2, 0) is 16.1 Å². The Labute approximate surface area is 166 Å². The fourth-order valence-corrected chi connectivity index (χ4v) is 4.94. The summed E-state index contributed by atoms with van der Waals surface area (Å²) in [5, 5.41) is 7.12. The van der Waals surface area contributed by atoms with Gasteiger partial charge in [-0.3, -0.25) is 9.69 Å². The number of hydrogen-bond acceptors (Lipinski definition) is 4. The van der Waals surface area contributed by atoms with Crippen LogP contribution in [0.1, 0.15) is 41.9 Å². The third-order valence-corrected chi connectivity index (χ3v) is 6.53. The Hall–Kier alpha value is -1.61. The maximum absolute atomic E-state index is 12.3. The predicted octanol–water partition coefficient (Wildman–Crippen LogP) is 3.67. The summed E-state index contributed by atoms with van der Waals surface area (Å²) < 4.78 is 31.7. The first-order valence-electron chi connectivity index (χ1n) is 9.54. The van der Waals surface area contributed by atoms with Crippen LogP contribution in [-0.4, -0.2) is 58.1 Å². The monoisotopic (exact) mass is 418 g/mol. The van der Waals surface area contributed by atoms with Crippen LogP contribution in [0.25, 0.3) is 0 Å². The lowest BCUT2D eigenvalue weighted by molar-refractivity contribution is -0.192. The SMILES string of the molecule is Cc1ccc(CN2CC[C@@H]3[C@H]2CCC(=O)N3CC2CC2)s1.O=C(O)C(F)(F)F. The summed E-state index contributed by atoms with van der Waals surface area (Å²) in [6.45, 7) is 5.44. The maximum atomic E-state index is 12.3. The summed E-state index contributed by atoms with van der Waals surface area (Å²) in [5.74, 6) is -1.54. The molecule has 9 heteroatoms. The molecule has 0 bridgehead atoms. The summed E-state index contributed by atoms with van der Waals surface area (Å²) in [5.41, 5.74) is 0. The number of amides is 1. The van der Waals surface area contributed by atoms with E-state index in [0.717, 1.165) is 38.4 Å². The Morgan fingerprint density at radius 2 is 1.89 bits per heavy atom. The van der Waals surface area contributed by atoms with Crippen LogP contribution < -0.4 is 0 Å². The average molecular weight is 418 g/mol. The standard InChI is InChI=1S/C17H24N2OS.C2HF3O2/c1-12-2-5-14(21-12)11-18-9-8-16-15(18)6-7-17(20)19(16)10-13-3-4-13;3-2(4,5)1(6)7/h2,5,13,15-16H,3-4,6-11H2,1H3;(H,6,7)/t15-,16-;/m1./s1. The third kappa shape index (κ3) is 5.26. The van der Waals surface area contributed by atoms with Gasteiger partial charge in [-0.15, -0.1) is 11.3 Å². The molecule has 3 heterocycles. The minimum atomic E-state index is -5.08. The highest BCUT2D eigenvalue weighted by Crippen LogP contribution is 2.37. The van der Waals surface area contributed by atoms with Gasteiger partial charge in [0, 0.05) is 47.9 Å². The van der Waals surface area contributed by atoms with E-state index in [1.165, 1.54) is 29.0 Å². The molecule has 1 aromatic rings. The van der Waals surface area contributed by atoms with Gasteiger partial charge in [-0.2, -0.15) is 13.2 Å². The molecule has 156 valence electrons. The Balaban J connectivity index is 0.000000279. The highest BCUT2D eigenvalue weighted by atomic mass is 32.1. The third-order valence-electron chi connectivity index (χ3n) is 5.55. The zero-order valence-corrected chi connectivity index (χ0v) is 16.6. The number of halogens is 3. The van der Waals surface area contributed by atoms with Crippen LogP contribution in [0.5, 0.6) is 0 Å². The van der Waals surface area contributed by atoms with Crippen molar-refractivity contribution in [1.82, 2.24) is 9.80 Å². The number of hydrogen-bond donors (Lipinski definition) is 1. The van der Waals surface area contributed by atoms with Crippen molar-refractivity contribution in [3.63, 3.8) is 0 Å². The van der Waals surface area contributed by atoms with Crippen molar-refractivity contribution in [1.29, 1.82) is 0 Å². The van der Waals surface area contributed by atoms with E-state index < -0.39 is 12.1 Å². The van der Waals surface area contributed by atoms with Gasteiger partial charge in [0.25, 0.3) is 0 Å². The number of piperidine rings is 1. The number of carbonyl (C=O) groups excluding carboxylic acids is 1. The largest absolute Gasteiger partial charge is 0.490 e. The number of alkyl halides is 3. The molecule has 3 aliphatic rings. The molecule has 1 N–H and O–H groups in total. The van der Waals surface area contributed by atoms with Crippen molar-refractivity contribution in [3.05, 3.63) is 21.9 Å². The van der Waals surface area contributed by atoms with Crippen LogP contribution in [0.15, 0.2) is 12.1 Å². The van der Waals surface area contributed by atoms with Crippen LogP contribution in [0, 0.1) is 12.8 Å². The minimum Gasteiger partial charge on any atom is -0.475 e. The fourth-order valence-electron chi connectivity index (χ4n) is 4.02. The van der Waals surface area contributed by atoms with Gasteiger partial charge in [0.1, 0.15) is 0 Å². The van der Waals surface area contributed by atoms with Gasteiger partial charge < -0.3 is 10.0 Å². The van der Waals surface area contributed by atoms with Gasteiger partial charge in [-0.05, 0) is 50.7 Å². The molecule has 1 aliphatic carbocycles. The summed E-state index contributed by atoms with van der Waals surface area (Å²) in [6.07, 6.45) is 0.578. The van der Waals surface area contributed by atoms with Crippen molar-refractivity contribution < 1.29 is 27.9 Å². The van der Waals surface area contributed by atoms with E-state index in [9.17, 15) is 18.0 Å². The molecule has 3 fully saturated rings. The zero-order chi connectivity index (χ0) is 20.5. The fraction of sp³-hybridized carbons (Fsp3) is 0.684. The van der Waals surface area contributed by atoms with Crippen molar-refractivity contribution in [2.75, 3.05) is 13.1 Å². The molecule has 0 aromatic carbocycles. The number of fused-ring (bicyclic) bond motifs is 1. The first-order valence-corrected chi connectivity index (χ1v) is 10.4. The second-order valence-electron chi connectivity index (χ2n) is 7.74. The van der Waals surface area contributed by atoms with Gasteiger partial charge in [-0.1, -0.05) is 0 Å². The molecule has 0 radical (unpaired) electrons. The van der Waals surface area contributed by atoms with Gasteiger partial charge >= 0.3 is 12.1 Å². The average Bonchev–Trinajstić information content (AvgIpc) is 3.20. The van der Waals surface area contributed by atoms with Crippen molar-refractivity contribution in [3.8, 4) is 0 Å². The molecule has 0 unspecified atom stereocenters. The van der Waals surface area contributed by atoms with Crippen LogP contribution in [0.4, 0.5) is 13.2 Å². The number of aryl methyl sites for hydroxylation is 1. The first kappa shape index (κ1) is 21.1. The Kier molecular flexibility index (Phi) is 6.34. The number of thiophene rings is 1.